The van der Waals surface area contributed by atoms with Crippen molar-refractivity contribution in [3.05, 3.63) is 0 Å². The van der Waals surface area contributed by atoms with Gasteiger partial charge >= 0.3 is 6.09 Å². The summed E-state index contributed by atoms with van der Waals surface area (Å²) in [5, 5.41) is 2.58. The van der Waals surface area contributed by atoms with Crippen molar-refractivity contribution in [1.82, 2.24) is 10.2 Å². The van der Waals surface area contributed by atoms with Crippen LogP contribution < -0.4 is 5.32 Å². The SMILES string of the molecule is CC(=O)[C@@H]1CCC(=O)N1CCNC(=O)OC(C)(C)C. The number of hydrogen-bond donors (Lipinski definition) is 1. The number of nitrogens with zero attached hydrogens (tertiary/aromatic N) is 1. The van der Waals surface area contributed by atoms with Gasteiger partial charge in [-0.3, -0.25) is 9.59 Å². The van der Waals surface area contributed by atoms with Crippen LogP contribution >= 0.6 is 0 Å². The number of Topliss-reactive ketones (excluding diaryl/α,β-unsaturated/α-hetero) is 1. The van der Waals surface area contributed by atoms with Gasteiger partial charge in [-0.05, 0) is 34.1 Å². The van der Waals surface area contributed by atoms with E-state index in [0.29, 0.717) is 19.4 Å². The van der Waals surface area contributed by atoms with E-state index in [9.17, 15) is 14.4 Å². The molecule has 1 aliphatic rings. The van der Waals surface area contributed by atoms with Crippen LogP contribution in [0.3, 0.4) is 0 Å². The third kappa shape index (κ3) is 4.89. The van der Waals surface area contributed by atoms with Crippen molar-refractivity contribution < 1.29 is 19.1 Å². The predicted octanol–water partition coefficient (Wildman–Crippen LogP) is 1.09. The molecule has 0 aromatic heterocycles. The van der Waals surface area contributed by atoms with Gasteiger partial charge in [0.05, 0.1) is 6.04 Å². The minimum atomic E-state index is -0.546. The number of hydrogen-bond acceptors (Lipinski definition) is 4. The normalized spacial score (nSPS) is 19.5. The predicted molar refractivity (Wildman–Crippen MR) is 69.7 cm³/mol. The number of likely N-dealkylation sites (tertiary alicyclic amines) is 1. The Bertz CT molecular complexity index is 373. The summed E-state index contributed by atoms with van der Waals surface area (Å²) in [4.78, 5) is 36.0. The summed E-state index contributed by atoms with van der Waals surface area (Å²) in [5.74, 6) is -0.0469. The van der Waals surface area contributed by atoms with E-state index in [1.165, 1.54) is 11.8 Å². The zero-order chi connectivity index (χ0) is 14.6. The molecule has 0 bridgehead atoms. The smallest absolute Gasteiger partial charge is 0.407 e. The maximum absolute atomic E-state index is 11.6. The van der Waals surface area contributed by atoms with Gasteiger partial charge in [0, 0.05) is 19.5 Å². The number of ether oxygens (including phenoxy) is 1. The fourth-order valence-corrected chi connectivity index (χ4v) is 2.03. The van der Waals surface area contributed by atoms with Crippen molar-refractivity contribution in [2.45, 2.75) is 52.2 Å². The van der Waals surface area contributed by atoms with Gasteiger partial charge in [-0.15, -0.1) is 0 Å². The Labute approximate surface area is 113 Å². The molecule has 0 aromatic carbocycles. The first kappa shape index (κ1) is 15.5. The molecule has 19 heavy (non-hydrogen) atoms. The van der Waals surface area contributed by atoms with E-state index in [4.69, 9.17) is 4.74 Å². The minimum Gasteiger partial charge on any atom is -0.444 e. The van der Waals surface area contributed by atoms with Gasteiger partial charge in [0.1, 0.15) is 5.60 Å². The van der Waals surface area contributed by atoms with Crippen molar-refractivity contribution in [3.63, 3.8) is 0 Å². The Hall–Kier alpha value is -1.59. The van der Waals surface area contributed by atoms with Gasteiger partial charge in [0.15, 0.2) is 5.78 Å². The van der Waals surface area contributed by atoms with E-state index in [1.54, 1.807) is 20.8 Å². The Balaban J connectivity index is 2.38. The van der Waals surface area contributed by atoms with Crippen molar-refractivity contribution in [1.29, 1.82) is 0 Å². The summed E-state index contributed by atoms with van der Waals surface area (Å²) in [7, 11) is 0. The van der Waals surface area contributed by atoms with Crippen LogP contribution in [-0.4, -0.2) is 47.4 Å². The molecule has 0 aromatic rings. The standard InChI is InChI=1S/C13H22N2O4/c1-9(16)10-5-6-11(17)15(10)8-7-14-12(18)19-13(2,3)4/h10H,5-8H2,1-4H3,(H,14,18)/t10-/m0/s1. The van der Waals surface area contributed by atoms with Crippen molar-refractivity contribution in [2.24, 2.45) is 0 Å². The van der Waals surface area contributed by atoms with E-state index >= 15 is 0 Å². The zero-order valence-corrected chi connectivity index (χ0v) is 12.0. The summed E-state index contributed by atoms with van der Waals surface area (Å²) >= 11 is 0. The highest BCUT2D eigenvalue weighted by atomic mass is 16.6. The third-order valence-corrected chi connectivity index (χ3v) is 2.82. The fraction of sp³-hybridized carbons (Fsp3) is 0.769. The topological polar surface area (TPSA) is 75.7 Å². The number of ketones is 1. The van der Waals surface area contributed by atoms with Crippen LogP contribution in [0.1, 0.15) is 40.5 Å². The molecule has 6 nitrogen and oxygen atoms in total. The van der Waals surface area contributed by atoms with E-state index in [-0.39, 0.29) is 24.3 Å². The van der Waals surface area contributed by atoms with Gasteiger partial charge in [-0.2, -0.15) is 0 Å². The monoisotopic (exact) mass is 270 g/mol. The van der Waals surface area contributed by atoms with Crippen LogP contribution in [0, 0.1) is 0 Å². The Morgan fingerprint density at radius 2 is 2.05 bits per heavy atom. The van der Waals surface area contributed by atoms with E-state index in [0.717, 1.165) is 0 Å². The maximum Gasteiger partial charge on any atom is 0.407 e. The van der Waals surface area contributed by atoms with Crippen LogP contribution in [0.4, 0.5) is 4.79 Å². The molecule has 6 heteroatoms. The van der Waals surface area contributed by atoms with Gasteiger partial charge in [-0.1, -0.05) is 0 Å². The number of carbonyl (C=O) groups excluding carboxylic acids is 3. The summed E-state index contributed by atoms with van der Waals surface area (Å²) < 4.78 is 5.08. The molecule has 1 saturated heterocycles. The molecule has 0 spiro atoms. The molecule has 1 heterocycles. The molecular formula is C13H22N2O4. The molecule has 1 atom stereocenters. The third-order valence-electron chi connectivity index (χ3n) is 2.82. The summed E-state index contributed by atoms with van der Waals surface area (Å²) in [6.07, 6.45) is 0.454. The first-order valence-electron chi connectivity index (χ1n) is 6.47. The van der Waals surface area contributed by atoms with E-state index in [2.05, 4.69) is 5.32 Å². The molecule has 0 aliphatic carbocycles. The highest BCUT2D eigenvalue weighted by molar-refractivity contribution is 5.90. The lowest BCUT2D eigenvalue weighted by Gasteiger charge is -2.24. The van der Waals surface area contributed by atoms with Crippen molar-refractivity contribution in [3.8, 4) is 0 Å². The molecular weight excluding hydrogens is 248 g/mol. The van der Waals surface area contributed by atoms with Crippen molar-refractivity contribution in [2.75, 3.05) is 13.1 Å². The lowest BCUT2D eigenvalue weighted by molar-refractivity contribution is -0.133. The fourth-order valence-electron chi connectivity index (χ4n) is 2.03. The van der Waals surface area contributed by atoms with E-state index in [1.807, 2.05) is 0 Å². The number of alkyl carbamates (subject to hydrolysis) is 1. The number of amides is 2. The Morgan fingerprint density at radius 3 is 2.58 bits per heavy atom. The summed E-state index contributed by atoms with van der Waals surface area (Å²) in [5.41, 5.74) is -0.546. The molecule has 1 fully saturated rings. The first-order valence-corrected chi connectivity index (χ1v) is 6.47. The first-order chi connectivity index (χ1) is 8.70. The molecule has 0 radical (unpaired) electrons. The van der Waals surface area contributed by atoms with Crippen LogP contribution in [-0.2, 0) is 14.3 Å². The average molecular weight is 270 g/mol. The van der Waals surface area contributed by atoms with Gasteiger partial charge in [0.2, 0.25) is 5.91 Å². The molecule has 0 unspecified atom stereocenters. The number of nitrogens with one attached hydrogen (secondary N) is 1. The second kappa shape index (κ2) is 6.04. The lowest BCUT2D eigenvalue weighted by Crippen LogP contribution is -2.43. The molecule has 1 rings (SSSR count). The van der Waals surface area contributed by atoms with Gasteiger partial charge in [-0.25, -0.2) is 4.79 Å². The molecule has 0 saturated carbocycles. The van der Waals surface area contributed by atoms with Crippen LogP contribution in [0.15, 0.2) is 0 Å². The Kier molecular flexibility index (Phi) is 4.91. The highest BCUT2D eigenvalue weighted by Crippen LogP contribution is 2.18. The van der Waals surface area contributed by atoms with Gasteiger partial charge < -0.3 is 15.0 Å². The maximum atomic E-state index is 11.6. The Morgan fingerprint density at radius 1 is 1.42 bits per heavy atom. The largest absolute Gasteiger partial charge is 0.444 e. The zero-order valence-electron chi connectivity index (χ0n) is 12.0. The second-order valence-electron chi connectivity index (χ2n) is 5.68. The van der Waals surface area contributed by atoms with Crippen molar-refractivity contribution >= 4 is 17.8 Å². The molecule has 1 N–H and O–H groups in total. The number of carbonyl (C=O) groups is 3. The highest BCUT2D eigenvalue weighted by Gasteiger charge is 2.33. The number of rotatable bonds is 4. The lowest BCUT2D eigenvalue weighted by atomic mass is 10.1. The quantitative estimate of drug-likeness (QED) is 0.829. The molecule has 1 aliphatic heterocycles. The summed E-state index contributed by atoms with van der Waals surface area (Å²) in [6.45, 7) is 7.44. The van der Waals surface area contributed by atoms with Gasteiger partial charge in [0.25, 0.3) is 0 Å². The van der Waals surface area contributed by atoms with Crippen LogP contribution in [0.5, 0.6) is 0 Å². The minimum absolute atomic E-state index is 0.0110. The van der Waals surface area contributed by atoms with Crippen LogP contribution in [0.25, 0.3) is 0 Å². The molecule has 108 valence electrons. The van der Waals surface area contributed by atoms with E-state index < -0.39 is 11.7 Å². The second-order valence-corrected chi connectivity index (χ2v) is 5.68. The average Bonchev–Trinajstić information content (AvgIpc) is 2.58. The summed E-state index contributed by atoms with van der Waals surface area (Å²) in [6, 6.07) is -0.340. The molecule has 2 amide bonds. The van der Waals surface area contributed by atoms with Crippen LogP contribution in [0.2, 0.25) is 0 Å².